The summed E-state index contributed by atoms with van der Waals surface area (Å²) in [7, 11) is 0. The predicted octanol–water partition coefficient (Wildman–Crippen LogP) is 2.38. The van der Waals surface area contributed by atoms with Gasteiger partial charge in [-0.15, -0.1) is 16.7 Å². The molecular weight excluding hydrogens is 228 g/mol. The van der Waals surface area contributed by atoms with Gasteiger partial charge in [-0.2, -0.15) is 0 Å². The first-order chi connectivity index (χ1) is 7.75. The molecule has 0 bridgehead atoms. The van der Waals surface area contributed by atoms with Crippen molar-refractivity contribution in [3.8, 4) is 0 Å². The number of aromatic nitrogens is 3. The van der Waals surface area contributed by atoms with Crippen LogP contribution in [0.1, 0.15) is 23.9 Å². The Morgan fingerprint density at radius 1 is 1.44 bits per heavy atom. The van der Waals surface area contributed by atoms with Crippen LogP contribution in [0.25, 0.3) is 0 Å². The molecule has 0 saturated heterocycles. The average molecular weight is 239 g/mol. The minimum absolute atomic E-state index is 0.280. The van der Waals surface area contributed by atoms with Crippen molar-refractivity contribution in [1.82, 2.24) is 15.2 Å². The van der Waals surface area contributed by atoms with Gasteiger partial charge in [0, 0.05) is 6.20 Å². The van der Waals surface area contributed by atoms with Crippen LogP contribution in [0.4, 0.5) is 6.01 Å². The van der Waals surface area contributed by atoms with Gasteiger partial charge in [-0.05, 0) is 19.1 Å². The summed E-state index contributed by atoms with van der Waals surface area (Å²) >= 11 is 5.80. The fourth-order valence-electron chi connectivity index (χ4n) is 1.14. The first kappa shape index (κ1) is 10.9. The van der Waals surface area contributed by atoms with E-state index in [2.05, 4.69) is 20.5 Å². The van der Waals surface area contributed by atoms with Crippen molar-refractivity contribution < 1.29 is 4.42 Å². The zero-order valence-corrected chi connectivity index (χ0v) is 9.48. The summed E-state index contributed by atoms with van der Waals surface area (Å²) in [6.07, 6.45) is 1.73. The molecule has 1 unspecified atom stereocenters. The first-order valence-electron chi connectivity index (χ1n) is 4.87. The number of alkyl halides is 1. The van der Waals surface area contributed by atoms with E-state index in [4.69, 9.17) is 16.0 Å². The normalized spacial score (nSPS) is 12.4. The fourth-order valence-corrected chi connectivity index (χ4v) is 1.22. The highest BCUT2D eigenvalue weighted by Crippen LogP contribution is 2.19. The van der Waals surface area contributed by atoms with Gasteiger partial charge in [0.05, 0.1) is 12.2 Å². The molecule has 0 radical (unpaired) electrons. The van der Waals surface area contributed by atoms with Gasteiger partial charge in [0.25, 0.3) is 0 Å². The van der Waals surface area contributed by atoms with Gasteiger partial charge >= 0.3 is 6.01 Å². The van der Waals surface area contributed by atoms with Crippen molar-refractivity contribution in [2.75, 3.05) is 5.32 Å². The second-order valence-electron chi connectivity index (χ2n) is 3.24. The molecule has 0 amide bonds. The summed E-state index contributed by atoms with van der Waals surface area (Å²) in [5.74, 6) is 0.408. The zero-order chi connectivity index (χ0) is 11.4. The SMILES string of the molecule is CC(Cl)c1nnc(NCc2ccccn2)o1. The van der Waals surface area contributed by atoms with Crippen LogP contribution in [-0.4, -0.2) is 15.2 Å². The molecule has 2 rings (SSSR count). The monoisotopic (exact) mass is 238 g/mol. The van der Waals surface area contributed by atoms with Crippen molar-refractivity contribution in [3.05, 3.63) is 36.0 Å². The van der Waals surface area contributed by atoms with Crippen molar-refractivity contribution in [2.24, 2.45) is 0 Å². The molecule has 2 aromatic rings. The summed E-state index contributed by atoms with van der Waals surface area (Å²) in [5.41, 5.74) is 0.904. The van der Waals surface area contributed by atoms with Crippen LogP contribution < -0.4 is 5.32 Å². The molecule has 16 heavy (non-hydrogen) atoms. The Kier molecular flexibility index (Phi) is 3.36. The molecule has 1 atom stereocenters. The Balaban J connectivity index is 1.95. The van der Waals surface area contributed by atoms with Crippen LogP contribution in [0.2, 0.25) is 0 Å². The quantitative estimate of drug-likeness (QED) is 0.829. The molecule has 2 heterocycles. The topological polar surface area (TPSA) is 63.8 Å². The largest absolute Gasteiger partial charge is 0.406 e. The smallest absolute Gasteiger partial charge is 0.315 e. The zero-order valence-electron chi connectivity index (χ0n) is 8.72. The number of nitrogens with zero attached hydrogens (tertiary/aromatic N) is 3. The van der Waals surface area contributed by atoms with Gasteiger partial charge < -0.3 is 9.73 Å². The minimum atomic E-state index is -0.280. The number of rotatable bonds is 4. The molecule has 84 valence electrons. The Morgan fingerprint density at radius 3 is 2.94 bits per heavy atom. The standard InChI is InChI=1S/C10H11ClN4O/c1-7(11)9-14-15-10(16-9)13-6-8-4-2-3-5-12-8/h2-5,7H,6H2,1H3,(H,13,15). The second kappa shape index (κ2) is 4.94. The van der Waals surface area contributed by atoms with Crippen LogP contribution in [0.15, 0.2) is 28.8 Å². The lowest BCUT2D eigenvalue weighted by Crippen LogP contribution is -2.01. The lowest BCUT2D eigenvalue weighted by Gasteiger charge is -1.99. The summed E-state index contributed by atoms with van der Waals surface area (Å²) in [6.45, 7) is 2.32. The maximum absolute atomic E-state index is 5.80. The summed E-state index contributed by atoms with van der Waals surface area (Å²) in [5, 5.41) is 10.3. The lowest BCUT2D eigenvalue weighted by atomic mass is 10.3. The highest BCUT2D eigenvalue weighted by atomic mass is 35.5. The van der Waals surface area contributed by atoms with Gasteiger partial charge in [-0.25, -0.2) is 0 Å². The van der Waals surface area contributed by atoms with Gasteiger partial charge in [0.2, 0.25) is 5.89 Å². The molecule has 0 aliphatic rings. The number of anilines is 1. The van der Waals surface area contributed by atoms with Gasteiger partial charge in [0.15, 0.2) is 0 Å². The van der Waals surface area contributed by atoms with Crippen LogP contribution in [0.3, 0.4) is 0 Å². The van der Waals surface area contributed by atoms with Crippen molar-refractivity contribution >= 4 is 17.6 Å². The van der Waals surface area contributed by atoms with E-state index < -0.39 is 0 Å². The molecule has 0 spiro atoms. The molecule has 0 aromatic carbocycles. The van der Waals surface area contributed by atoms with Crippen LogP contribution in [0, 0.1) is 0 Å². The van der Waals surface area contributed by atoms with E-state index in [1.165, 1.54) is 0 Å². The third-order valence-electron chi connectivity index (χ3n) is 1.93. The van der Waals surface area contributed by atoms with E-state index in [9.17, 15) is 0 Å². The maximum Gasteiger partial charge on any atom is 0.315 e. The van der Waals surface area contributed by atoms with Crippen molar-refractivity contribution in [1.29, 1.82) is 0 Å². The molecule has 5 nitrogen and oxygen atoms in total. The minimum Gasteiger partial charge on any atom is -0.406 e. The van der Waals surface area contributed by atoms with Gasteiger partial charge in [0.1, 0.15) is 5.38 Å². The maximum atomic E-state index is 5.80. The third-order valence-corrected chi connectivity index (χ3v) is 2.11. The number of hydrogen-bond acceptors (Lipinski definition) is 5. The Bertz CT molecular complexity index is 443. The van der Waals surface area contributed by atoms with E-state index in [1.807, 2.05) is 18.2 Å². The molecule has 0 fully saturated rings. The molecule has 1 N–H and O–H groups in total. The third kappa shape index (κ3) is 2.70. The molecule has 0 aliphatic heterocycles. The second-order valence-corrected chi connectivity index (χ2v) is 3.89. The Labute approximate surface area is 97.9 Å². The van der Waals surface area contributed by atoms with E-state index in [0.29, 0.717) is 18.5 Å². The van der Waals surface area contributed by atoms with E-state index >= 15 is 0 Å². The van der Waals surface area contributed by atoms with Crippen molar-refractivity contribution in [3.63, 3.8) is 0 Å². The van der Waals surface area contributed by atoms with E-state index in [1.54, 1.807) is 13.1 Å². The molecule has 0 aliphatic carbocycles. The molecular formula is C10H11ClN4O. The highest BCUT2D eigenvalue weighted by molar-refractivity contribution is 6.20. The first-order valence-corrected chi connectivity index (χ1v) is 5.30. The number of halogens is 1. The van der Waals surface area contributed by atoms with Crippen molar-refractivity contribution in [2.45, 2.75) is 18.8 Å². The van der Waals surface area contributed by atoms with Crippen LogP contribution >= 0.6 is 11.6 Å². The fraction of sp³-hybridized carbons (Fsp3) is 0.300. The van der Waals surface area contributed by atoms with E-state index in [0.717, 1.165) is 5.69 Å². The van der Waals surface area contributed by atoms with Crippen LogP contribution in [-0.2, 0) is 6.54 Å². The lowest BCUT2D eigenvalue weighted by molar-refractivity contribution is 0.505. The van der Waals surface area contributed by atoms with Gasteiger partial charge in [-0.3, -0.25) is 4.98 Å². The highest BCUT2D eigenvalue weighted by Gasteiger charge is 2.10. The molecule has 6 heteroatoms. The predicted molar refractivity (Wildman–Crippen MR) is 60.1 cm³/mol. The number of pyridine rings is 1. The number of nitrogens with one attached hydrogen (secondary N) is 1. The van der Waals surface area contributed by atoms with Gasteiger partial charge in [-0.1, -0.05) is 11.2 Å². The summed E-state index contributed by atoms with van der Waals surface area (Å²) < 4.78 is 5.27. The molecule has 2 aromatic heterocycles. The summed E-state index contributed by atoms with van der Waals surface area (Å²) in [4.78, 5) is 4.16. The Morgan fingerprint density at radius 2 is 2.31 bits per heavy atom. The van der Waals surface area contributed by atoms with Crippen LogP contribution in [0.5, 0.6) is 0 Å². The summed E-state index contributed by atoms with van der Waals surface area (Å²) in [6, 6.07) is 6.05. The number of hydrogen-bond donors (Lipinski definition) is 1. The molecule has 0 saturated carbocycles. The average Bonchev–Trinajstić information content (AvgIpc) is 2.76. The Hall–Kier alpha value is -1.62. The van der Waals surface area contributed by atoms with E-state index in [-0.39, 0.29) is 5.38 Å².